The van der Waals surface area contributed by atoms with Crippen molar-refractivity contribution in [1.82, 2.24) is 30.2 Å². The van der Waals surface area contributed by atoms with Crippen LogP contribution in [0.25, 0.3) is 11.3 Å². The van der Waals surface area contributed by atoms with Crippen molar-refractivity contribution in [2.24, 2.45) is 0 Å². The van der Waals surface area contributed by atoms with Gasteiger partial charge in [0.15, 0.2) is 0 Å². The number of imidazole rings is 1. The lowest BCUT2D eigenvalue weighted by atomic mass is 10.2. The Bertz CT molecular complexity index is 830. The van der Waals surface area contributed by atoms with Gasteiger partial charge in [-0.2, -0.15) is 10.5 Å². The van der Waals surface area contributed by atoms with E-state index in [0.717, 1.165) is 5.69 Å². The maximum atomic E-state index is 9.16. The average molecular weight is 313 g/mol. The van der Waals surface area contributed by atoms with Crippen molar-refractivity contribution < 1.29 is 0 Å². The molecule has 22 heavy (non-hydrogen) atoms. The minimum atomic E-state index is 0.209. The van der Waals surface area contributed by atoms with Gasteiger partial charge in [-0.25, -0.2) is 4.98 Å². The lowest BCUT2D eigenvalue weighted by Crippen LogP contribution is -2.00. The summed E-state index contributed by atoms with van der Waals surface area (Å²) in [6, 6.07) is 7.42. The van der Waals surface area contributed by atoms with Gasteiger partial charge < -0.3 is 9.88 Å². The summed E-state index contributed by atoms with van der Waals surface area (Å²) in [4.78, 5) is 4.01. The Hall–Kier alpha value is -3.18. The van der Waals surface area contributed by atoms with E-state index in [4.69, 9.17) is 16.9 Å². The molecule has 3 aromatic rings. The van der Waals surface area contributed by atoms with Gasteiger partial charge in [-0.3, -0.25) is 0 Å². The SMILES string of the molecule is N#CC(=CNc1cccc(Cl)c1-n1ccnc1)c1nn[nH]n1. The number of halogens is 1. The van der Waals surface area contributed by atoms with Crippen molar-refractivity contribution in [3.8, 4) is 11.8 Å². The van der Waals surface area contributed by atoms with Crippen LogP contribution in [0.3, 0.4) is 0 Å². The van der Waals surface area contributed by atoms with Gasteiger partial charge in [-0.1, -0.05) is 17.7 Å². The molecular formula is C13H9ClN8. The van der Waals surface area contributed by atoms with Crippen molar-refractivity contribution in [1.29, 1.82) is 5.26 Å². The Morgan fingerprint density at radius 2 is 2.36 bits per heavy atom. The minimum absolute atomic E-state index is 0.209. The van der Waals surface area contributed by atoms with Crippen molar-refractivity contribution in [2.75, 3.05) is 5.32 Å². The predicted octanol–water partition coefficient (Wildman–Crippen LogP) is 2.02. The molecule has 8 nitrogen and oxygen atoms in total. The molecule has 2 aromatic heterocycles. The van der Waals surface area contributed by atoms with Crippen molar-refractivity contribution in [2.45, 2.75) is 0 Å². The third-order valence-electron chi connectivity index (χ3n) is 2.83. The lowest BCUT2D eigenvalue weighted by Gasteiger charge is -2.11. The van der Waals surface area contributed by atoms with Crippen molar-refractivity contribution in [3.63, 3.8) is 0 Å². The highest BCUT2D eigenvalue weighted by atomic mass is 35.5. The fraction of sp³-hybridized carbons (Fsp3) is 0. The van der Waals surface area contributed by atoms with Gasteiger partial charge in [0, 0.05) is 18.6 Å². The molecule has 0 amide bonds. The molecular weight excluding hydrogens is 304 g/mol. The molecule has 0 atom stereocenters. The maximum absolute atomic E-state index is 9.16. The molecule has 108 valence electrons. The second kappa shape index (κ2) is 6.07. The standard InChI is InChI=1S/C13H9ClN8/c14-10-2-1-3-11(12(10)22-5-4-16-8-22)17-7-9(6-15)13-18-20-21-19-13/h1-5,7-8,17H,(H,18,19,20,21). The van der Waals surface area contributed by atoms with Crippen LogP contribution in [0.15, 0.2) is 43.1 Å². The summed E-state index contributed by atoms with van der Waals surface area (Å²) in [6.07, 6.45) is 6.57. The topological polar surface area (TPSA) is 108 Å². The molecule has 3 rings (SSSR count). The first-order valence-electron chi connectivity index (χ1n) is 6.17. The van der Waals surface area contributed by atoms with Crippen molar-refractivity contribution >= 4 is 22.9 Å². The first kappa shape index (κ1) is 13.8. The van der Waals surface area contributed by atoms with E-state index in [1.165, 1.54) is 6.20 Å². The molecule has 0 unspecified atom stereocenters. The van der Waals surface area contributed by atoms with E-state index in [-0.39, 0.29) is 11.4 Å². The molecule has 1 aromatic carbocycles. The number of aromatic amines is 1. The summed E-state index contributed by atoms with van der Waals surface area (Å²) in [5, 5.41) is 26.0. The third kappa shape index (κ3) is 2.65. The highest BCUT2D eigenvalue weighted by Crippen LogP contribution is 2.28. The number of benzene rings is 1. The number of aromatic nitrogens is 6. The quantitative estimate of drug-likeness (QED) is 0.713. The highest BCUT2D eigenvalue weighted by Gasteiger charge is 2.10. The number of tetrazole rings is 1. The van der Waals surface area contributed by atoms with Gasteiger partial charge in [0.2, 0.25) is 5.82 Å². The molecule has 9 heteroatoms. The summed E-state index contributed by atoms with van der Waals surface area (Å²) in [6.45, 7) is 0. The second-order valence-corrected chi connectivity index (χ2v) is 4.56. The summed E-state index contributed by atoms with van der Waals surface area (Å²) in [5.74, 6) is 0.209. The number of rotatable bonds is 4. The van der Waals surface area contributed by atoms with Crippen LogP contribution in [0.4, 0.5) is 5.69 Å². The zero-order valence-electron chi connectivity index (χ0n) is 11.1. The van der Waals surface area contributed by atoms with Crippen LogP contribution < -0.4 is 5.32 Å². The van der Waals surface area contributed by atoms with E-state index < -0.39 is 0 Å². The molecule has 0 aliphatic carbocycles. The minimum Gasteiger partial charge on any atom is -0.359 e. The molecule has 0 saturated carbocycles. The highest BCUT2D eigenvalue weighted by molar-refractivity contribution is 6.33. The van der Waals surface area contributed by atoms with Crippen LogP contribution in [-0.2, 0) is 0 Å². The van der Waals surface area contributed by atoms with E-state index in [1.54, 1.807) is 35.4 Å². The van der Waals surface area contributed by atoms with Crippen LogP contribution in [0.1, 0.15) is 5.82 Å². The summed E-state index contributed by atoms with van der Waals surface area (Å²) in [7, 11) is 0. The number of nitrogens with one attached hydrogen (secondary N) is 2. The van der Waals surface area contributed by atoms with E-state index in [0.29, 0.717) is 10.7 Å². The van der Waals surface area contributed by atoms with Crippen LogP contribution in [0, 0.1) is 11.3 Å². The van der Waals surface area contributed by atoms with Crippen molar-refractivity contribution in [3.05, 3.63) is 54.0 Å². The Balaban J connectivity index is 1.97. The fourth-order valence-electron chi connectivity index (χ4n) is 1.86. The summed E-state index contributed by atoms with van der Waals surface area (Å²) < 4.78 is 1.78. The van der Waals surface area contributed by atoms with Gasteiger partial charge in [0.25, 0.3) is 0 Å². The third-order valence-corrected chi connectivity index (χ3v) is 3.13. The van der Waals surface area contributed by atoms with Gasteiger partial charge in [0.1, 0.15) is 11.6 Å². The van der Waals surface area contributed by atoms with Crippen LogP contribution in [0.5, 0.6) is 0 Å². The van der Waals surface area contributed by atoms with E-state index in [1.807, 2.05) is 12.1 Å². The van der Waals surface area contributed by atoms with Gasteiger partial charge in [-0.15, -0.1) is 10.2 Å². The first-order valence-corrected chi connectivity index (χ1v) is 6.55. The molecule has 0 spiro atoms. The molecule has 0 saturated heterocycles. The Morgan fingerprint density at radius 1 is 1.45 bits per heavy atom. The number of hydrogen-bond donors (Lipinski definition) is 2. The molecule has 0 bridgehead atoms. The number of anilines is 1. The van der Waals surface area contributed by atoms with Crippen LogP contribution in [0.2, 0.25) is 5.02 Å². The Labute approximate surface area is 130 Å². The van der Waals surface area contributed by atoms with Gasteiger partial charge in [0.05, 0.1) is 22.7 Å². The zero-order valence-corrected chi connectivity index (χ0v) is 11.9. The number of H-pyrrole nitrogens is 1. The number of allylic oxidation sites excluding steroid dienone is 1. The number of nitrogens with zero attached hydrogens (tertiary/aromatic N) is 6. The van der Waals surface area contributed by atoms with Crippen LogP contribution >= 0.6 is 11.6 Å². The zero-order chi connectivity index (χ0) is 15.4. The summed E-state index contributed by atoms with van der Waals surface area (Å²) in [5.41, 5.74) is 1.68. The Kier molecular flexibility index (Phi) is 3.80. The second-order valence-electron chi connectivity index (χ2n) is 4.16. The molecule has 2 N–H and O–H groups in total. The number of nitriles is 1. The van der Waals surface area contributed by atoms with E-state index >= 15 is 0 Å². The average Bonchev–Trinajstić information content (AvgIpc) is 3.21. The number of para-hydroxylation sites is 1. The van der Waals surface area contributed by atoms with Gasteiger partial charge >= 0.3 is 0 Å². The van der Waals surface area contributed by atoms with Gasteiger partial charge in [-0.05, 0) is 17.3 Å². The first-order chi connectivity index (χ1) is 10.8. The summed E-state index contributed by atoms with van der Waals surface area (Å²) >= 11 is 6.26. The molecule has 0 radical (unpaired) electrons. The molecule has 0 fully saturated rings. The molecule has 0 aliphatic heterocycles. The molecule has 2 heterocycles. The Morgan fingerprint density at radius 3 is 3.05 bits per heavy atom. The normalized spacial score (nSPS) is 11.2. The lowest BCUT2D eigenvalue weighted by molar-refractivity contribution is 0.881. The fourth-order valence-corrected chi connectivity index (χ4v) is 2.13. The van der Waals surface area contributed by atoms with E-state index in [9.17, 15) is 0 Å². The largest absolute Gasteiger partial charge is 0.359 e. The predicted molar refractivity (Wildman–Crippen MR) is 80.0 cm³/mol. The van der Waals surface area contributed by atoms with Crippen LogP contribution in [-0.4, -0.2) is 30.2 Å². The van der Waals surface area contributed by atoms with E-state index in [2.05, 4.69) is 30.9 Å². The number of hydrogen-bond acceptors (Lipinski definition) is 6. The monoisotopic (exact) mass is 312 g/mol. The molecule has 0 aliphatic rings. The maximum Gasteiger partial charge on any atom is 0.216 e. The smallest absolute Gasteiger partial charge is 0.216 e.